The smallest absolute Gasteiger partial charge is 0.191 e. The van der Waals surface area contributed by atoms with Crippen molar-refractivity contribution in [2.24, 2.45) is 4.99 Å². The lowest BCUT2D eigenvalue weighted by Crippen LogP contribution is -2.45. The quantitative estimate of drug-likeness (QED) is 0.597. The zero-order chi connectivity index (χ0) is 17.4. The predicted molar refractivity (Wildman–Crippen MR) is 101 cm³/mol. The highest BCUT2D eigenvalue weighted by atomic mass is 32.1. The standard InChI is InChI=1S/C18H26N4OS/c1-5-19-17(21-13-18(2,3)23-4)20-11-15-12-24-16(22-15)14-9-7-6-8-10-14/h6-10,12H,5,11,13H2,1-4H3,(H2,19,20,21). The van der Waals surface area contributed by atoms with Crippen molar-refractivity contribution in [2.75, 3.05) is 20.2 Å². The van der Waals surface area contributed by atoms with Crippen LogP contribution >= 0.6 is 11.3 Å². The van der Waals surface area contributed by atoms with Crippen molar-refractivity contribution in [1.82, 2.24) is 15.6 Å². The third-order valence-electron chi connectivity index (χ3n) is 3.55. The molecule has 1 aromatic heterocycles. The van der Waals surface area contributed by atoms with Gasteiger partial charge in [-0.15, -0.1) is 11.3 Å². The van der Waals surface area contributed by atoms with Gasteiger partial charge in [-0.05, 0) is 20.8 Å². The lowest BCUT2D eigenvalue weighted by Gasteiger charge is -2.24. The average Bonchev–Trinajstić information content (AvgIpc) is 3.07. The van der Waals surface area contributed by atoms with E-state index in [0.29, 0.717) is 13.1 Å². The van der Waals surface area contributed by atoms with Gasteiger partial charge in [-0.1, -0.05) is 30.3 Å². The molecule has 0 aliphatic carbocycles. The number of aliphatic imine (C=N–C) groups is 1. The molecular formula is C18H26N4OS. The summed E-state index contributed by atoms with van der Waals surface area (Å²) in [5.74, 6) is 0.775. The lowest BCUT2D eigenvalue weighted by molar-refractivity contribution is 0.0268. The van der Waals surface area contributed by atoms with E-state index in [-0.39, 0.29) is 5.60 Å². The van der Waals surface area contributed by atoms with Gasteiger partial charge in [0.1, 0.15) is 5.01 Å². The molecule has 2 rings (SSSR count). The maximum absolute atomic E-state index is 5.43. The molecule has 130 valence electrons. The van der Waals surface area contributed by atoms with Gasteiger partial charge in [0.05, 0.1) is 17.8 Å². The number of hydrogen-bond donors (Lipinski definition) is 2. The van der Waals surface area contributed by atoms with Crippen molar-refractivity contribution in [2.45, 2.75) is 32.9 Å². The Morgan fingerprint density at radius 2 is 2.00 bits per heavy atom. The molecule has 0 radical (unpaired) electrons. The second-order valence-corrected chi connectivity index (χ2v) is 6.88. The third-order valence-corrected chi connectivity index (χ3v) is 4.49. The number of nitrogens with zero attached hydrogens (tertiary/aromatic N) is 2. The van der Waals surface area contributed by atoms with Crippen LogP contribution in [0, 0.1) is 0 Å². The first-order valence-corrected chi connectivity index (χ1v) is 8.99. The fourth-order valence-corrected chi connectivity index (χ4v) is 2.78. The zero-order valence-corrected chi connectivity index (χ0v) is 15.6. The third kappa shape index (κ3) is 5.62. The highest BCUT2D eigenvalue weighted by molar-refractivity contribution is 7.13. The molecule has 0 saturated carbocycles. The van der Waals surface area contributed by atoms with Gasteiger partial charge >= 0.3 is 0 Å². The van der Waals surface area contributed by atoms with Crippen molar-refractivity contribution in [1.29, 1.82) is 0 Å². The number of thiazole rings is 1. The summed E-state index contributed by atoms with van der Waals surface area (Å²) in [4.78, 5) is 9.28. The van der Waals surface area contributed by atoms with Crippen LogP contribution in [0.3, 0.4) is 0 Å². The Labute approximate surface area is 148 Å². The molecule has 0 aliphatic rings. The van der Waals surface area contributed by atoms with Gasteiger partial charge in [-0.25, -0.2) is 9.98 Å². The van der Waals surface area contributed by atoms with Gasteiger partial charge < -0.3 is 15.4 Å². The largest absolute Gasteiger partial charge is 0.377 e. The summed E-state index contributed by atoms with van der Waals surface area (Å²) in [5.41, 5.74) is 1.88. The number of methoxy groups -OCH3 is 1. The topological polar surface area (TPSA) is 58.5 Å². The van der Waals surface area contributed by atoms with Crippen molar-refractivity contribution in [3.05, 3.63) is 41.4 Å². The van der Waals surface area contributed by atoms with Gasteiger partial charge in [-0.3, -0.25) is 0 Å². The Bertz CT molecular complexity index is 652. The molecule has 24 heavy (non-hydrogen) atoms. The number of rotatable bonds is 7. The summed E-state index contributed by atoms with van der Waals surface area (Å²) in [7, 11) is 1.71. The van der Waals surface area contributed by atoms with E-state index < -0.39 is 0 Å². The number of aromatic nitrogens is 1. The zero-order valence-electron chi connectivity index (χ0n) is 14.8. The summed E-state index contributed by atoms with van der Waals surface area (Å²) >= 11 is 1.65. The van der Waals surface area contributed by atoms with Crippen LogP contribution in [0.4, 0.5) is 0 Å². The molecule has 0 spiro atoms. The normalized spacial score (nSPS) is 12.2. The summed E-state index contributed by atoms with van der Waals surface area (Å²) in [5, 5.41) is 9.65. The highest BCUT2D eigenvalue weighted by Crippen LogP contribution is 2.23. The summed E-state index contributed by atoms with van der Waals surface area (Å²) in [6.07, 6.45) is 0. The Hall–Kier alpha value is -1.92. The van der Waals surface area contributed by atoms with Crippen LogP contribution < -0.4 is 10.6 Å². The van der Waals surface area contributed by atoms with E-state index in [1.807, 2.05) is 32.0 Å². The van der Waals surface area contributed by atoms with E-state index in [4.69, 9.17) is 4.74 Å². The van der Waals surface area contributed by atoms with Crippen LogP contribution in [0.5, 0.6) is 0 Å². The van der Waals surface area contributed by atoms with Gasteiger partial charge in [-0.2, -0.15) is 0 Å². The average molecular weight is 347 g/mol. The Morgan fingerprint density at radius 1 is 1.25 bits per heavy atom. The molecule has 2 N–H and O–H groups in total. The van der Waals surface area contributed by atoms with Crippen molar-refractivity contribution < 1.29 is 4.74 Å². The summed E-state index contributed by atoms with van der Waals surface area (Å²) in [6, 6.07) is 10.2. The molecule has 0 saturated heterocycles. The number of guanidine groups is 1. The minimum Gasteiger partial charge on any atom is -0.377 e. The fraction of sp³-hybridized carbons (Fsp3) is 0.444. The molecule has 0 unspecified atom stereocenters. The molecule has 1 aromatic carbocycles. The first-order chi connectivity index (χ1) is 11.5. The van der Waals surface area contributed by atoms with E-state index in [2.05, 4.69) is 45.0 Å². The highest BCUT2D eigenvalue weighted by Gasteiger charge is 2.16. The van der Waals surface area contributed by atoms with Crippen LogP contribution in [0.2, 0.25) is 0 Å². The van der Waals surface area contributed by atoms with E-state index in [0.717, 1.165) is 28.8 Å². The Kier molecular flexibility index (Phi) is 6.75. The maximum atomic E-state index is 5.43. The second-order valence-electron chi connectivity index (χ2n) is 6.02. The number of nitrogens with one attached hydrogen (secondary N) is 2. The van der Waals surface area contributed by atoms with Crippen LogP contribution in [-0.2, 0) is 11.3 Å². The van der Waals surface area contributed by atoms with Crippen LogP contribution in [0.25, 0.3) is 10.6 Å². The number of hydrogen-bond acceptors (Lipinski definition) is 4. The van der Waals surface area contributed by atoms with E-state index in [9.17, 15) is 0 Å². The summed E-state index contributed by atoms with van der Waals surface area (Å²) < 4.78 is 5.43. The molecule has 6 heteroatoms. The van der Waals surface area contributed by atoms with Gasteiger partial charge in [0.25, 0.3) is 0 Å². The molecule has 0 aliphatic heterocycles. The van der Waals surface area contributed by atoms with E-state index in [1.54, 1.807) is 18.4 Å². The van der Waals surface area contributed by atoms with Crippen LogP contribution in [-0.4, -0.2) is 36.7 Å². The SMILES string of the molecule is CCNC(=NCc1csc(-c2ccccc2)n1)NCC(C)(C)OC. The molecule has 0 amide bonds. The predicted octanol–water partition coefficient (Wildman–Crippen LogP) is 3.29. The minimum absolute atomic E-state index is 0.239. The molecular weight excluding hydrogens is 320 g/mol. The van der Waals surface area contributed by atoms with E-state index >= 15 is 0 Å². The minimum atomic E-state index is -0.239. The van der Waals surface area contributed by atoms with Crippen LogP contribution in [0.1, 0.15) is 26.5 Å². The monoisotopic (exact) mass is 346 g/mol. The molecule has 0 fully saturated rings. The fourth-order valence-electron chi connectivity index (χ4n) is 1.96. The van der Waals surface area contributed by atoms with Crippen molar-refractivity contribution in [3.63, 3.8) is 0 Å². The summed E-state index contributed by atoms with van der Waals surface area (Å²) in [6.45, 7) is 8.17. The first-order valence-electron chi connectivity index (χ1n) is 8.11. The first kappa shape index (κ1) is 18.4. The maximum Gasteiger partial charge on any atom is 0.191 e. The Morgan fingerprint density at radius 3 is 2.67 bits per heavy atom. The Balaban J connectivity index is 2.00. The number of benzene rings is 1. The molecule has 0 atom stereocenters. The second kappa shape index (κ2) is 8.80. The van der Waals surface area contributed by atoms with Gasteiger partial charge in [0.15, 0.2) is 5.96 Å². The van der Waals surface area contributed by atoms with Gasteiger partial charge in [0.2, 0.25) is 0 Å². The lowest BCUT2D eigenvalue weighted by atomic mass is 10.1. The van der Waals surface area contributed by atoms with E-state index in [1.165, 1.54) is 0 Å². The molecule has 0 bridgehead atoms. The molecule has 2 aromatic rings. The van der Waals surface area contributed by atoms with Crippen molar-refractivity contribution in [3.8, 4) is 10.6 Å². The molecule has 5 nitrogen and oxygen atoms in total. The van der Waals surface area contributed by atoms with Crippen LogP contribution in [0.15, 0.2) is 40.7 Å². The van der Waals surface area contributed by atoms with Crippen molar-refractivity contribution >= 4 is 17.3 Å². The van der Waals surface area contributed by atoms with Gasteiger partial charge in [0, 0.05) is 31.1 Å². The molecule has 1 heterocycles. The number of ether oxygens (including phenoxy) is 1.